The average Bonchev–Trinajstić information content (AvgIpc) is 3.37. The number of nitrogens with zero attached hydrogens (tertiary/aromatic N) is 8. The number of anilines is 1. The van der Waals surface area contributed by atoms with Crippen LogP contribution in [0.5, 0.6) is 0 Å². The van der Waals surface area contributed by atoms with Gasteiger partial charge in [0.05, 0.1) is 11.4 Å². The minimum Gasteiger partial charge on any atom is -0.336 e. The van der Waals surface area contributed by atoms with Crippen LogP contribution >= 0.6 is 11.5 Å². The number of benzene rings is 1. The van der Waals surface area contributed by atoms with Crippen molar-refractivity contribution in [3.63, 3.8) is 0 Å². The predicted octanol–water partition coefficient (Wildman–Crippen LogP) is 1.04. The quantitative estimate of drug-likeness (QED) is 0.677. The number of amides is 1. The first kappa shape index (κ1) is 16.6. The van der Waals surface area contributed by atoms with E-state index < -0.39 is 0 Å². The number of rotatable bonds is 4. The molecule has 3 heterocycles. The summed E-state index contributed by atoms with van der Waals surface area (Å²) in [5.41, 5.74) is 1.68. The van der Waals surface area contributed by atoms with Crippen molar-refractivity contribution in [2.45, 2.75) is 13.3 Å². The van der Waals surface area contributed by atoms with Gasteiger partial charge in [0.1, 0.15) is 4.88 Å². The van der Waals surface area contributed by atoms with E-state index >= 15 is 0 Å². The maximum atomic E-state index is 12.7. The van der Waals surface area contributed by atoms with Gasteiger partial charge in [-0.2, -0.15) is 4.68 Å². The normalized spacial score (nSPS) is 14.7. The van der Waals surface area contributed by atoms with Crippen molar-refractivity contribution in [2.75, 3.05) is 31.1 Å². The molecule has 1 saturated heterocycles. The standard InChI is InChI=1S/C16H18N8OS/c1-2-13-14(26-21-17-13)15(25)22-8-10-23(11-9-22)16-18-19-20-24(16)12-6-4-3-5-7-12/h3-7H,2,8-11H2,1H3. The van der Waals surface area contributed by atoms with Crippen LogP contribution in [0.4, 0.5) is 5.95 Å². The molecule has 1 aliphatic rings. The van der Waals surface area contributed by atoms with Crippen molar-refractivity contribution in [1.82, 2.24) is 34.7 Å². The highest BCUT2D eigenvalue weighted by Crippen LogP contribution is 2.19. The number of para-hydroxylation sites is 1. The van der Waals surface area contributed by atoms with Crippen molar-refractivity contribution in [2.24, 2.45) is 0 Å². The molecule has 0 spiro atoms. The van der Waals surface area contributed by atoms with E-state index in [0.29, 0.717) is 43.4 Å². The number of piperazine rings is 1. The third kappa shape index (κ3) is 3.03. The van der Waals surface area contributed by atoms with Crippen molar-refractivity contribution in [1.29, 1.82) is 0 Å². The van der Waals surface area contributed by atoms with Gasteiger partial charge in [-0.15, -0.1) is 5.10 Å². The zero-order valence-corrected chi connectivity index (χ0v) is 15.1. The van der Waals surface area contributed by atoms with Crippen molar-refractivity contribution < 1.29 is 4.79 Å². The first-order chi connectivity index (χ1) is 12.8. The number of hydrogen-bond donors (Lipinski definition) is 0. The highest BCUT2D eigenvalue weighted by atomic mass is 32.1. The van der Waals surface area contributed by atoms with Gasteiger partial charge in [-0.3, -0.25) is 4.79 Å². The van der Waals surface area contributed by atoms with Crippen LogP contribution in [0.2, 0.25) is 0 Å². The Balaban J connectivity index is 1.47. The van der Waals surface area contributed by atoms with E-state index in [1.807, 2.05) is 42.2 Å². The molecule has 0 aliphatic carbocycles. The Labute approximate surface area is 154 Å². The van der Waals surface area contributed by atoms with Gasteiger partial charge in [-0.1, -0.05) is 34.7 Å². The van der Waals surface area contributed by atoms with Crippen LogP contribution in [0.3, 0.4) is 0 Å². The van der Waals surface area contributed by atoms with Crippen LogP contribution in [0.1, 0.15) is 22.3 Å². The predicted molar refractivity (Wildman–Crippen MR) is 96.6 cm³/mol. The average molecular weight is 370 g/mol. The topological polar surface area (TPSA) is 92.9 Å². The smallest absolute Gasteiger partial charge is 0.267 e. The molecular formula is C16H18N8OS. The Morgan fingerprint density at radius 1 is 1.12 bits per heavy atom. The summed E-state index contributed by atoms with van der Waals surface area (Å²) in [6.45, 7) is 4.55. The molecule has 0 N–H and O–H groups in total. The largest absolute Gasteiger partial charge is 0.336 e. The van der Waals surface area contributed by atoms with Crippen LogP contribution in [0.25, 0.3) is 5.69 Å². The second-order valence-electron chi connectivity index (χ2n) is 5.91. The number of carbonyl (C=O) groups is 1. The van der Waals surface area contributed by atoms with E-state index in [2.05, 4.69) is 30.0 Å². The molecule has 0 radical (unpaired) electrons. The van der Waals surface area contributed by atoms with Crippen molar-refractivity contribution >= 4 is 23.4 Å². The monoisotopic (exact) mass is 370 g/mol. The second-order valence-corrected chi connectivity index (χ2v) is 6.66. The fourth-order valence-electron chi connectivity index (χ4n) is 2.97. The summed E-state index contributed by atoms with van der Waals surface area (Å²) < 4.78 is 5.64. The maximum absolute atomic E-state index is 12.7. The lowest BCUT2D eigenvalue weighted by molar-refractivity contribution is 0.0749. The van der Waals surface area contributed by atoms with Crippen LogP contribution in [0, 0.1) is 0 Å². The number of carbonyl (C=O) groups excluding carboxylic acids is 1. The minimum absolute atomic E-state index is 0.0131. The Morgan fingerprint density at radius 2 is 1.88 bits per heavy atom. The first-order valence-electron chi connectivity index (χ1n) is 8.47. The molecule has 1 amide bonds. The molecule has 4 rings (SSSR count). The molecule has 10 heteroatoms. The Bertz CT molecular complexity index is 885. The van der Waals surface area contributed by atoms with Gasteiger partial charge >= 0.3 is 0 Å². The molecule has 2 aromatic heterocycles. The SMILES string of the molecule is CCc1nnsc1C(=O)N1CCN(c2nnnn2-c2ccccc2)CC1. The molecule has 1 fully saturated rings. The van der Waals surface area contributed by atoms with Gasteiger partial charge in [-0.25, -0.2) is 0 Å². The Kier molecular flexibility index (Phi) is 4.57. The van der Waals surface area contributed by atoms with Gasteiger partial charge in [0.25, 0.3) is 5.91 Å². The lowest BCUT2D eigenvalue weighted by Crippen LogP contribution is -2.49. The van der Waals surface area contributed by atoms with Crippen LogP contribution in [0.15, 0.2) is 30.3 Å². The third-order valence-electron chi connectivity index (χ3n) is 4.39. The highest BCUT2D eigenvalue weighted by Gasteiger charge is 2.27. The summed E-state index contributed by atoms with van der Waals surface area (Å²) in [6.07, 6.45) is 0.712. The molecule has 1 aliphatic heterocycles. The summed E-state index contributed by atoms with van der Waals surface area (Å²) in [7, 11) is 0. The molecule has 3 aromatic rings. The van der Waals surface area contributed by atoms with Gasteiger partial charge < -0.3 is 9.80 Å². The number of aryl methyl sites for hydroxylation is 1. The lowest BCUT2D eigenvalue weighted by atomic mass is 10.2. The molecule has 9 nitrogen and oxygen atoms in total. The van der Waals surface area contributed by atoms with E-state index in [4.69, 9.17) is 0 Å². The first-order valence-corrected chi connectivity index (χ1v) is 9.24. The highest BCUT2D eigenvalue weighted by molar-refractivity contribution is 7.08. The third-order valence-corrected chi connectivity index (χ3v) is 5.14. The maximum Gasteiger partial charge on any atom is 0.267 e. The minimum atomic E-state index is 0.0131. The Hall–Kier alpha value is -2.88. The van der Waals surface area contributed by atoms with Crippen molar-refractivity contribution in [3.05, 3.63) is 40.9 Å². The van der Waals surface area contributed by atoms with E-state index in [1.54, 1.807) is 4.68 Å². The molecule has 0 saturated carbocycles. The van der Waals surface area contributed by atoms with E-state index in [9.17, 15) is 4.79 Å². The number of aromatic nitrogens is 6. The summed E-state index contributed by atoms with van der Waals surface area (Å²) >= 11 is 1.17. The van der Waals surface area contributed by atoms with E-state index in [0.717, 1.165) is 11.4 Å². The summed E-state index contributed by atoms with van der Waals surface area (Å²) in [4.78, 5) is 17.3. The molecule has 0 unspecified atom stereocenters. The number of tetrazole rings is 1. The van der Waals surface area contributed by atoms with Crippen molar-refractivity contribution in [3.8, 4) is 5.69 Å². The molecule has 1 aromatic carbocycles. The number of hydrogen-bond acceptors (Lipinski definition) is 8. The van der Waals surface area contributed by atoms with Crippen LogP contribution < -0.4 is 4.90 Å². The van der Waals surface area contributed by atoms with E-state index in [1.165, 1.54) is 11.5 Å². The van der Waals surface area contributed by atoms with Gasteiger partial charge in [0.2, 0.25) is 5.95 Å². The Morgan fingerprint density at radius 3 is 2.62 bits per heavy atom. The summed E-state index contributed by atoms with van der Waals surface area (Å²) in [5.74, 6) is 0.705. The molecule has 26 heavy (non-hydrogen) atoms. The molecule has 0 bridgehead atoms. The lowest BCUT2D eigenvalue weighted by Gasteiger charge is -2.34. The summed E-state index contributed by atoms with van der Waals surface area (Å²) in [6, 6.07) is 9.78. The zero-order chi connectivity index (χ0) is 17.9. The van der Waals surface area contributed by atoms with Crippen LogP contribution in [-0.2, 0) is 6.42 Å². The van der Waals surface area contributed by atoms with Gasteiger partial charge in [-0.05, 0) is 40.5 Å². The molecule has 134 valence electrons. The summed E-state index contributed by atoms with van der Waals surface area (Å²) in [5, 5.41) is 16.1. The fraction of sp³-hybridized carbons (Fsp3) is 0.375. The molecule has 0 atom stereocenters. The molecular weight excluding hydrogens is 352 g/mol. The second kappa shape index (κ2) is 7.16. The zero-order valence-electron chi connectivity index (χ0n) is 14.3. The van der Waals surface area contributed by atoms with Gasteiger partial charge in [0.15, 0.2) is 0 Å². The van der Waals surface area contributed by atoms with Gasteiger partial charge in [0, 0.05) is 26.2 Å². The van der Waals surface area contributed by atoms with E-state index in [-0.39, 0.29) is 5.91 Å². The fourth-order valence-corrected chi connectivity index (χ4v) is 3.69. The van der Waals surface area contributed by atoms with Crippen LogP contribution in [-0.4, -0.2) is 66.8 Å².